The van der Waals surface area contributed by atoms with Crippen LogP contribution in [0.3, 0.4) is 0 Å². The lowest BCUT2D eigenvalue weighted by molar-refractivity contribution is -0.137. The first-order chi connectivity index (χ1) is 20.7. The van der Waals surface area contributed by atoms with Gasteiger partial charge in [-0.25, -0.2) is 21.8 Å². The van der Waals surface area contributed by atoms with Gasteiger partial charge in [0.1, 0.15) is 16.5 Å². The molecular formula is C29H26F3N5O5S2. The van der Waals surface area contributed by atoms with E-state index in [4.69, 9.17) is 4.74 Å². The van der Waals surface area contributed by atoms with Crippen LogP contribution in [0.5, 0.6) is 5.75 Å². The molecule has 2 heterocycles. The van der Waals surface area contributed by atoms with Gasteiger partial charge < -0.3 is 10.1 Å². The molecule has 5 rings (SSSR count). The quantitative estimate of drug-likeness (QED) is 0.213. The summed E-state index contributed by atoms with van der Waals surface area (Å²) in [4.78, 5) is 4.42. The van der Waals surface area contributed by atoms with Crippen molar-refractivity contribution in [3.63, 3.8) is 0 Å². The second-order valence-electron chi connectivity index (χ2n) is 9.85. The number of nitrogens with zero attached hydrogens (tertiary/aromatic N) is 3. The van der Waals surface area contributed by atoms with Crippen LogP contribution in [0.15, 0.2) is 88.8 Å². The Hall–Kier alpha value is -4.63. The van der Waals surface area contributed by atoms with Gasteiger partial charge in [0, 0.05) is 30.2 Å². The Kier molecular flexibility index (Phi) is 8.03. The van der Waals surface area contributed by atoms with E-state index in [0.717, 1.165) is 36.1 Å². The van der Waals surface area contributed by atoms with Gasteiger partial charge in [0.15, 0.2) is 15.5 Å². The average molecular weight is 646 g/mol. The molecule has 0 aliphatic rings. The van der Waals surface area contributed by atoms with E-state index in [1.54, 1.807) is 48.0 Å². The summed E-state index contributed by atoms with van der Waals surface area (Å²) in [6.45, 7) is 2.03. The summed E-state index contributed by atoms with van der Waals surface area (Å²) >= 11 is 0. The number of sulfonamides is 1. The summed E-state index contributed by atoms with van der Waals surface area (Å²) in [7, 11) is -6.37. The number of hydrogen-bond donors (Lipinski definition) is 2. The van der Waals surface area contributed by atoms with Gasteiger partial charge in [-0.05, 0) is 72.6 Å². The molecule has 3 aromatic carbocycles. The molecule has 10 nitrogen and oxygen atoms in total. The molecule has 0 unspecified atom stereocenters. The smallest absolute Gasteiger partial charge is 0.416 e. The number of aromatic nitrogens is 3. The van der Waals surface area contributed by atoms with Crippen molar-refractivity contribution in [3.05, 3.63) is 95.8 Å². The van der Waals surface area contributed by atoms with Crippen LogP contribution in [0, 0.1) is 6.92 Å². The highest BCUT2D eigenvalue weighted by Crippen LogP contribution is 2.35. The van der Waals surface area contributed by atoms with E-state index < -0.39 is 31.6 Å². The van der Waals surface area contributed by atoms with E-state index in [9.17, 15) is 30.0 Å². The van der Waals surface area contributed by atoms with Gasteiger partial charge in [-0.2, -0.15) is 22.8 Å². The molecule has 0 atom stereocenters. The summed E-state index contributed by atoms with van der Waals surface area (Å²) in [6.07, 6.45) is -1.86. The van der Waals surface area contributed by atoms with Crippen LogP contribution in [0.25, 0.3) is 16.8 Å². The van der Waals surface area contributed by atoms with E-state index in [1.807, 2.05) is 0 Å². The highest BCUT2D eigenvalue weighted by atomic mass is 32.2. The molecule has 0 radical (unpaired) electrons. The molecule has 230 valence electrons. The van der Waals surface area contributed by atoms with E-state index in [-0.39, 0.29) is 27.8 Å². The first-order valence-corrected chi connectivity index (χ1v) is 16.3. The summed E-state index contributed by atoms with van der Waals surface area (Å²) in [5.74, 6) is 0.577. The first-order valence-electron chi connectivity index (χ1n) is 12.9. The Morgan fingerprint density at radius 3 is 2.34 bits per heavy atom. The molecule has 44 heavy (non-hydrogen) atoms. The minimum atomic E-state index is -4.56. The van der Waals surface area contributed by atoms with Crippen molar-refractivity contribution in [2.45, 2.75) is 29.4 Å². The summed E-state index contributed by atoms with van der Waals surface area (Å²) in [6, 6.07) is 16.4. The molecule has 2 N–H and O–H groups in total. The van der Waals surface area contributed by atoms with Crippen LogP contribution in [0.2, 0.25) is 0 Å². The summed E-state index contributed by atoms with van der Waals surface area (Å²) in [5.41, 5.74) is 1.71. The SMILES string of the molecule is COc1ccc(-c2c(C)nn3c(NCc4cccc(S(C)(=O)=O)c4)ccnc23)cc1S(=O)(=O)Nc1ccc(C(F)(F)F)cc1. The topological polar surface area (TPSA) is 132 Å². The van der Waals surface area contributed by atoms with Gasteiger partial charge >= 0.3 is 6.18 Å². The lowest BCUT2D eigenvalue weighted by atomic mass is 10.1. The van der Waals surface area contributed by atoms with E-state index >= 15 is 0 Å². The van der Waals surface area contributed by atoms with Crippen molar-refractivity contribution < 1.29 is 34.7 Å². The Morgan fingerprint density at radius 1 is 0.955 bits per heavy atom. The Balaban J connectivity index is 1.48. The molecule has 0 amide bonds. The van der Waals surface area contributed by atoms with Crippen molar-refractivity contribution >= 4 is 37.0 Å². The number of alkyl halides is 3. The fourth-order valence-electron chi connectivity index (χ4n) is 4.58. The number of methoxy groups -OCH3 is 1. The highest BCUT2D eigenvalue weighted by Gasteiger charge is 2.30. The predicted molar refractivity (Wildman–Crippen MR) is 159 cm³/mol. The molecule has 2 aromatic heterocycles. The van der Waals surface area contributed by atoms with Crippen molar-refractivity contribution in [1.29, 1.82) is 0 Å². The maximum Gasteiger partial charge on any atom is 0.416 e. The number of halogens is 3. The van der Waals surface area contributed by atoms with Gasteiger partial charge in [0.2, 0.25) is 0 Å². The second-order valence-corrected chi connectivity index (χ2v) is 13.5. The Bertz CT molecular complexity index is 2080. The number of fused-ring (bicyclic) bond motifs is 1. The van der Waals surface area contributed by atoms with E-state index in [2.05, 4.69) is 20.1 Å². The van der Waals surface area contributed by atoms with Gasteiger partial charge in [0.25, 0.3) is 10.0 Å². The standard InChI is InChI=1S/C29H26F3N5O5S2/c1-18-27(28-33-14-13-26(37(28)35-18)34-17-19-5-4-6-23(15-19)43(3,38)39)20-7-12-24(42-2)25(16-20)44(40,41)36-22-10-8-21(9-11-22)29(30,31)32/h4-16,34,36H,17H2,1-3H3. The van der Waals surface area contributed by atoms with Crippen LogP contribution in [-0.2, 0) is 32.6 Å². The molecule has 0 fully saturated rings. The average Bonchev–Trinajstić information content (AvgIpc) is 3.31. The zero-order chi connectivity index (χ0) is 31.9. The summed E-state index contributed by atoms with van der Waals surface area (Å²) in [5, 5.41) is 7.83. The lowest BCUT2D eigenvalue weighted by Gasteiger charge is -2.14. The minimum Gasteiger partial charge on any atom is -0.495 e. The molecule has 0 saturated carbocycles. The molecular weight excluding hydrogens is 619 g/mol. The summed E-state index contributed by atoms with van der Waals surface area (Å²) < 4.78 is 98.7. The zero-order valence-electron chi connectivity index (χ0n) is 23.5. The van der Waals surface area contributed by atoms with Crippen molar-refractivity contribution in [1.82, 2.24) is 14.6 Å². The number of ether oxygens (including phenoxy) is 1. The number of sulfone groups is 1. The van der Waals surface area contributed by atoms with Crippen LogP contribution in [-0.4, -0.2) is 44.8 Å². The largest absolute Gasteiger partial charge is 0.495 e. The number of hydrogen-bond acceptors (Lipinski definition) is 8. The molecule has 0 aliphatic carbocycles. The maximum atomic E-state index is 13.4. The molecule has 5 aromatic rings. The van der Waals surface area contributed by atoms with Gasteiger partial charge in [-0.15, -0.1) is 0 Å². The second kappa shape index (κ2) is 11.5. The minimum absolute atomic E-state index is 0.0222. The molecule has 0 saturated heterocycles. The Labute approximate surface area is 251 Å². The number of benzene rings is 3. The molecule has 15 heteroatoms. The molecule has 0 bridgehead atoms. The third-order valence-electron chi connectivity index (χ3n) is 6.70. The molecule has 0 spiro atoms. The van der Waals surface area contributed by atoms with E-state index in [0.29, 0.717) is 28.3 Å². The fourth-order valence-corrected chi connectivity index (χ4v) is 6.53. The monoisotopic (exact) mass is 645 g/mol. The van der Waals surface area contributed by atoms with Crippen molar-refractivity contribution in [3.8, 4) is 16.9 Å². The predicted octanol–water partition coefficient (Wildman–Crippen LogP) is 5.55. The Morgan fingerprint density at radius 2 is 1.68 bits per heavy atom. The number of rotatable bonds is 9. The first kappa shape index (κ1) is 30.8. The third kappa shape index (κ3) is 6.33. The number of aryl methyl sites for hydroxylation is 1. The highest BCUT2D eigenvalue weighted by molar-refractivity contribution is 7.92. The van der Waals surface area contributed by atoms with Crippen molar-refractivity contribution in [2.75, 3.05) is 23.4 Å². The molecule has 0 aliphatic heterocycles. The fraction of sp³-hybridized carbons (Fsp3) is 0.172. The van der Waals surface area contributed by atoms with Crippen LogP contribution >= 0.6 is 0 Å². The van der Waals surface area contributed by atoms with Gasteiger partial charge in [-0.3, -0.25) is 4.72 Å². The maximum absolute atomic E-state index is 13.4. The van der Waals surface area contributed by atoms with Gasteiger partial charge in [-0.1, -0.05) is 18.2 Å². The van der Waals surface area contributed by atoms with E-state index in [1.165, 1.54) is 25.3 Å². The third-order valence-corrected chi connectivity index (χ3v) is 9.21. The van der Waals surface area contributed by atoms with Crippen LogP contribution in [0.1, 0.15) is 16.8 Å². The number of nitrogens with one attached hydrogen (secondary N) is 2. The van der Waals surface area contributed by atoms with Crippen LogP contribution < -0.4 is 14.8 Å². The lowest BCUT2D eigenvalue weighted by Crippen LogP contribution is -2.14. The normalized spacial score (nSPS) is 12.3. The zero-order valence-corrected chi connectivity index (χ0v) is 25.2. The van der Waals surface area contributed by atoms with Gasteiger partial charge in [0.05, 0.1) is 23.3 Å². The van der Waals surface area contributed by atoms with Crippen LogP contribution in [0.4, 0.5) is 24.7 Å². The number of anilines is 2. The van der Waals surface area contributed by atoms with Crippen molar-refractivity contribution in [2.24, 2.45) is 0 Å².